The fraction of sp³-hybridized carbons (Fsp3) is 0.925. The maximum atomic E-state index is 13.1. The number of carbonyl (C=O) groups excluding carboxylic acids is 2. The van der Waals surface area contributed by atoms with Crippen molar-refractivity contribution in [1.29, 1.82) is 0 Å². The normalized spacial score (nSPS) is 50.9. The molecular weight excluding hydrogens is 973 g/mol. The molecule has 0 aromatic heterocycles. The van der Waals surface area contributed by atoms with Gasteiger partial charge in [-0.3, -0.25) is 9.59 Å². The number of rotatable bonds is 15. The van der Waals surface area contributed by atoms with Gasteiger partial charge >= 0.3 is 11.9 Å². The Labute approximate surface area is 435 Å². The van der Waals surface area contributed by atoms with E-state index in [4.69, 9.17) is 66.3 Å². The van der Waals surface area contributed by atoms with Crippen LogP contribution in [0.5, 0.6) is 0 Å². The number of fused-ring (bicyclic) bond motifs is 5. The fourth-order valence-corrected chi connectivity index (χ4v) is 15.0. The van der Waals surface area contributed by atoms with Crippen molar-refractivity contribution in [2.45, 2.75) is 260 Å². The van der Waals surface area contributed by atoms with Gasteiger partial charge in [-0.25, -0.2) is 0 Å². The molecule has 0 spiro atoms. The molecule has 0 aromatic carbocycles. The van der Waals surface area contributed by atoms with E-state index in [-0.39, 0.29) is 18.9 Å². The van der Waals surface area contributed by atoms with E-state index in [1.54, 1.807) is 42.1 Å². The zero-order valence-corrected chi connectivity index (χ0v) is 45.5. The highest BCUT2D eigenvalue weighted by molar-refractivity contribution is 5.68. The van der Waals surface area contributed by atoms with E-state index in [0.29, 0.717) is 44.9 Å². The minimum Gasteiger partial charge on any atom is -0.458 e. The van der Waals surface area contributed by atoms with Crippen LogP contribution >= 0.6 is 0 Å². The van der Waals surface area contributed by atoms with Gasteiger partial charge in [-0.15, -0.1) is 0 Å². The lowest BCUT2D eigenvalue weighted by Crippen LogP contribution is -2.80. The summed E-state index contributed by atoms with van der Waals surface area (Å²) in [5.74, 6) is -2.64. The molecule has 0 bridgehead atoms. The molecule has 5 N–H and O–H groups in total. The molecule has 4 aliphatic carbocycles. The van der Waals surface area contributed by atoms with Gasteiger partial charge in [-0.1, -0.05) is 25.5 Å². The number of esters is 2. The molecule has 4 aliphatic heterocycles. The molecule has 8 rings (SSSR count). The molecule has 8 aliphatic rings. The maximum absolute atomic E-state index is 13.1. The number of aliphatic hydroxyl groups excluding tert-OH is 3. The second-order valence-electron chi connectivity index (χ2n) is 22.9. The first-order chi connectivity index (χ1) is 34.9. The van der Waals surface area contributed by atoms with Gasteiger partial charge in [0.15, 0.2) is 25.2 Å². The third-order valence-corrected chi connectivity index (χ3v) is 18.7. The topological polar surface area (TPSA) is 265 Å². The number of ether oxygens (including phenoxy) is 14. The van der Waals surface area contributed by atoms with E-state index >= 15 is 0 Å². The SMILES string of the molecule is CO[C@H]1[C@@H](O)[C@H](O[C@@H]2[C@@H](C)O[C@@H](O[C@H]3[C@@H](OC)C[C@H](O[C@H]4[C@@H](OC)C[C@H](O[C@H]5CC[C@@]6(C)C(=CC[C@]7(O)[C@@H]6[C@H](OC(C)=O)[C@@H](OC(C)=O)[C@]6(C)[C@@H]([C@H](C)O)CC[C@@]67O)C5)O[C@@H]4C)O[C@@H]3C)C[C@H]2OC)O[C@H](C)[C@H]1O. The van der Waals surface area contributed by atoms with E-state index in [1.807, 2.05) is 33.8 Å². The van der Waals surface area contributed by atoms with Gasteiger partial charge in [0.05, 0.1) is 54.9 Å². The molecule has 21 nitrogen and oxygen atoms in total. The zero-order valence-electron chi connectivity index (χ0n) is 45.5. The number of aliphatic hydroxyl groups is 5. The predicted molar refractivity (Wildman–Crippen MR) is 258 cm³/mol. The predicted octanol–water partition coefficient (Wildman–Crippen LogP) is 2.73. The maximum Gasteiger partial charge on any atom is 0.303 e. The second kappa shape index (κ2) is 22.6. The number of carbonyl (C=O) groups is 2. The molecular formula is C53H86O21. The molecule has 3 saturated carbocycles. The van der Waals surface area contributed by atoms with Gasteiger partial charge in [0, 0.05) is 72.9 Å². The summed E-state index contributed by atoms with van der Waals surface area (Å²) in [7, 11) is 6.22. The first-order valence-corrected chi connectivity index (χ1v) is 26.8. The van der Waals surface area contributed by atoms with Crippen LogP contribution in [0.2, 0.25) is 0 Å². The Balaban J connectivity index is 0.887. The lowest BCUT2D eigenvalue weighted by Gasteiger charge is -2.68. The summed E-state index contributed by atoms with van der Waals surface area (Å²) in [5.41, 5.74) is -4.75. The largest absolute Gasteiger partial charge is 0.458 e. The van der Waals surface area contributed by atoms with Crippen LogP contribution in [0.3, 0.4) is 0 Å². The van der Waals surface area contributed by atoms with Crippen molar-refractivity contribution in [3.63, 3.8) is 0 Å². The summed E-state index contributed by atoms with van der Waals surface area (Å²) in [6.45, 7) is 15.3. The standard InChI is InChI=1S/C53H86O21/c1-24(54)33-16-19-53(60)51(33,9)48(70-30(7)56)46(69-29(6)55)47-50(8)17-15-32(20-31(50)14-18-52(47,53)59)71-37-21-34(61-10)42(26(3)65-37)72-38-22-35(62-11)43(27(4)66-38)73-39-23-36(63-12)44(28(5)67-39)74-49-41(58)45(64-13)40(57)25(2)68-49/h14,24-28,32-49,54,57-60H,15-23H2,1-13H3/t24-,25+,26+,27+,28+,32-,33+,34-,35-,36+,37-,38-,39-,40+,41+,42+,43+,44+,45+,46-,47+,48+,49-,50-,51-,52-,53+/m0/s1. The van der Waals surface area contributed by atoms with E-state index in [9.17, 15) is 35.1 Å². The Kier molecular flexibility index (Phi) is 17.8. The molecule has 0 unspecified atom stereocenters. The highest BCUT2D eigenvalue weighted by Gasteiger charge is 2.80. The first kappa shape index (κ1) is 58.2. The van der Waals surface area contributed by atoms with Crippen LogP contribution in [-0.4, -0.2) is 206 Å². The lowest BCUT2D eigenvalue weighted by atomic mass is 9.42. The summed E-state index contributed by atoms with van der Waals surface area (Å²) < 4.78 is 86.8. The summed E-state index contributed by atoms with van der Waals surface area (Å²) in [6, 6.07) is 0. The smallest absolute Gasteiger partial charge is 0.303 e. The highest BCUT2D eigenvalue weighted by Crippen LogP contribution is 2.71. The number of hydrogen-bond donors (Lipinski definition) is 5. The quantitative estimate of drug-likeness (QED) is 0.117. The average Bonchev–Trinajstić information content (AvgIpc) is 3.64. The molecule has 0 amide bonds. The van der Waals surface area contributed by atoms with Gasteiger partial charge in [0.1, 0.15) is 60.0 Å². The van der Waals surface area contributed by atoms with E-state index < -0.39 is 169 Å². The van der Waals surface area contributed by atoms with Gasteiger partial charge in [-0.2, -0.15) is 0 Å². The number of methoxy groups -OCH3 is 4. The van der Waals surface area contributed by atoms with E-state index in [2.05, 4.69) is 0 Å². The molecule has 0 radical (unpaired) electrons. The van der Waals surface area contributed by atoms with E-state index in [1.165, 1.54) is 21.0 Å². The van der Waals surface area contributed by atoms with Crippen molar-refractivity contribution in [1.82, 2.24) is 0 Å². The monoisotopic (exact) mass is 1060 g/mol. The van der Waals surface area contributed by atoms with Crippen molar-refractivity contribution >= 4 is 11.9 Å². The van der Waals surface area contributed by atoms with Crippen LogP contribution in [0.4, 0.5) is 0 Å². The van der Waals surface area contributed by atoms with Crippen molar-refractivity contribution in [2.75, 3.05) is 28.4 Å². The van der Waals surface area contributed by atoms with Crippen molar-refractivity contribution in [3.8, 4) is 0 Å². The Morgan fingerprint density at radius 3 is 1.65 bits per heavy atom. The first-order valence-electron chi connectivity index (χ1n) is 26.8. The summed E-state index contributed by atoms with van der Waals surface area (Å²) in [4.78, 5) is 25.8. The average molecular weight is 1060 g/mol. The molecule has 7 fully saturated rings. The molecule has 74 heavy (non-hydrogen) atoms. The zero-order chi connectivity index (χ0) is 54.0. The third kappa shape index (κ3) is 10.3. The molecule has 21 heteroatoms. The molecule has 424 valence electrons. The summed E-state index contributed by atoms with van der Waals surface area (Å²) in [6.07, 6.45) is -9.94. The van der Waals surface area contributed by atoms with Crippen LogP contribution in [0, 0.1) is 22.7 Å². The minimum absolute atomic E-state index is 0.0584. The molecule has 4 saturated heterocycles. The number of hydrogen-bond acceptors (Lipinski definition) is 21. The van der Waals surface area contributed by atoms with Crippen molar-refractivity contribution < 1.29 is 101 Å². The fourth-order valence-electron chi connectivity index (χ4n) is 15.0. The minimum atomic E-state index is -1.79. The van der Waals surface area contributed by atoms with Crippen LogP contribution in [0.15, 0.2) is 11.6 Å². The summed E-state index contributed by atoms with van der Waals surface area (Å²) in [5, 5.41) is 58.4. The van der Waals surface area contributed by atoms with E-state index in [0.717, 1.165) is 5.57 Å². The Bertz CT molecular complexity index is 1980. The molecule has 27 atom stereocenters. The highest BCUT2D eigenvalue weighted by atomic mass is 16.8. The Morgan fingerprint density at radius 2 is 1.16 bits per heavy atom. The van der Waals surface area contributed by atoms with Crippen molar-refractivity contribution in [3.05, 3.63) is 11.6 Å². The van der Waals surface area contributed by atoms with Crippen molar-refractivity contribution in [2.24, 2.45) is 22.7 Å². The van der Waals surface area contributed by atoms with Crippen LogP contribution < -0.4 is 0 Å². The Morgan fingerprint density at radius 1 is 0.649 bits per heavy atom. The van der Waals surface area contributed by atoms with Crippen LogP contribution in [0.1, 0.15) is 120 Å². The van der Waals surface area contributed by atoms with Gasteiger partial charge in [0.2, 0.25) is 0 Å². The van der Waals surface area contributed by atoms with Gasteiger partial charge in [-0.05, 0) is 84.5 Å². The summed E-state index contributed by atoms with van der Waals surface area (Å²) >= 11 is 0. The Hall–Kier alpha value is -2.00. The molecule has 4 heterocycles. The van der Waals surface area contributed by atoms with Crippen LogP contribution in [0.25, 0.3) is 0 Å². The lowest BCUT2D eigenvalue weighted by molar-refractivity contribution is -0.356. The van der Waals surface area contributed by atoms with Gasteiger partial charge in [0.25, 0.3) is 0 Å². The molecule has 0 aromatic rings. The third-order valence-electron chi connectivity index (χ3n) is 18.7. The van der Waals surface area contributed by atoms with Crippen LogP contribution in [-0.2, 0) is 75.9 Å². The second-order valence-corrected chi connectivity index (χ2v) is 22.9. The van der Waals surface area contributed by atoms with Gasteiger partial charge < -0.3 is 91.8 Å².